The molecule has 0 amide bonds. The molecule has 0 aliphatic rings. The molecule has 0 aliphatic carbocycles. The van der Waals surface area contributed by atoms with Gasteiger partial charge in [0, 0.05) is 39.7 Å². The van der Waals surface area contributed by atoms with Crippen molar-refractivity contribution in [3.63, 3.8) is 0 Å². The molecular weight excluding hydrogens is 666 g/mol. The fraction of sp³-hybridized carbons (Fsp3) is 0. The number of imidazole rings is 1. The number of fused-ring (bicyclic) bond motifs is 6. The van der Waals surface area contributed by atoms with Crippen LogP contribution in [0.15, 0.2) is 194 Å². The summed E-state index contributed by atoms with van der Waals surface area (Å²) in [6.45, 7) is 0. The minimum Gasteiger partial charge on any atom is -0.306 e. The maximum atomic E-state index is 12.6. The van der Waals surface area contributed by atoms with Crippen LogP contribution in [-0.4, -0.2) is 19.3 Å². The molecule has 3 heterocycles. The van der Waals surface area contributed by atoms with Crippen LogP contribution in [0.4, 0.5) is 0 Å². The predicted octanol–water partition coefficient (Wildman–Crippen LogP) is 10.4. The number of para-hydroxylation sites is 1. The number of hydrogen-bond donors (Lipinski definition) is 1. The van der Waals surface area contributed by atoms with Gasteiger partial charge in [-0.3, -0.25) is 0 Å². The fourth-order valence-corrected chi connectivity index (χ4v) is 10.4. The highest BCUT2D eigenvalue weighted by atomic mass is 31.2. The second-order valence-corrected chi connectivity index (χ2v) is 16.2. The van der Waals surface area contributed by atoms with Crippen LogP contribution < -0.4 is 15.9 Å². The third-order valence-electron chi connectivity index (χ3n) is 10.3. The molecule has 3 aromatic heterocycles. The number of benzene rings is 7. The first-order valence-electron chi connectivity index (χ1n) is 17.8. The summed E-state index contributed by atoms with van der Waals surface area (Å²) in [7, 11) is -2.87. The largest absolute Gasteiger partial charge is 0.306 e. The van der Waals surface area contributed by atoms with Gasteiger partial charge in [-0.2, -0.15) is 0 Å². The van der Waals surface area contributed by atoms with Crippen molar-refractivity contribution in [2.75, 3.05) is 0 Å². The van der Waals surface area contributed by atoms with E-state index in [1.54, 1.807) is 0 Å². The second kappa shape index (κ2) is 12.6. The van der Waals surface area contributed by atoms with Crippen molar-refractivity contribution in [1.82, 2.24) is 14.4 Å². The Hall–Kier alpha value is -6.45. The Kier molecular flexibility index (Phi) is 7.47. The van der Waals surface area contributed by atoms with Gasteiger partial charge < -0.3 is 4.40 Å². The first-order chi connectivity index (χ1) is 26.1. The summed E-state index contributed by atoms with van der Waals surface area (Å²) in [4.78, 5) is 22.8. The zero-order chi connectivity index (χ0) is 35.4. The van der Waals surface area contributed by atoms with Crippen LogP contribution in [0.1, 0.15) is 0 Å². The van der Waals surface area contributed by atoms with Gasteiger partial charge in [0.15, 0.2) is 0 Å². The fourth-order valence-electron chi connectivity index (χ4n) is 7.74. The van der Waals surface area contributed by atoms with Crippen LogP contribution in [0, 0.1) is 0 Å². The smallest absolute Gasteiger partial charge is 0.238 e. The molecule has 7 aromatic carbocycles. The maximum absolute atomic E-state index is 12.6. The molecule has 0 fully saturated rings. The minimum absolute atomic E-state index is 0.903. The molecule has 0 aliphatic heterocycles. The van der Waals surface area contributed by atoms with Gasteiger partial charge in [-0.15, -0.1) is 0 Å². The lowest BCUT2D eigenvalue weighted by molar-refractivity contribution is 0.633. The van der Waals surface area contributed by atoms with Crippen molar-refractivity contribution < 1.29 is 4.89 Å². The monoisotopic (exact) mass is 698 g/mol. The number of nitrogens with zero attached hydrogens (tertiary/aromatic N) is 3. The number of hydrogen-bond acceptors (Lipinski definition) is 3. The van der Waals surface area contributed by atoms with Crippen LogP contribution >= 0.6 is 7.49 Å². The van der Waals surface area contributed by atoms with E-state index in [1.807, 2.05) is 85.1 Å². The summed E-state index contributed by atoms with van der Waals surface area (Å²) in [5.41, 5.74) is 8.10. The van der Waals surface area contributed by atoms with Crippen LogP contribution in [0.2, 0.25) is 0 Å². The van der Waals surface area contributed by atoms with Crippen molar-refractivity contribution >= 4 is 61.5 Å². The van der Waals surface area contributed by atoms with Crippen LogP contribution in [0.3, 0.4) is 0 Å². The van der Waals surface area contributed by atoms with Crippen molar-refractivity contribution in [2.24, 2.45) is 0 Å². The second-order valence-electron chi connectivity index (χ2n) is 13.4. The van der Waals surface area contributed by atoms with Gasteiger partial charge in [-0.05, 0) is 94.7 Å². The van der Waals surface area contributed by atoms with Crippen LogP contribution in [0.5, 0.6) is 0 Å². The Morgan fingerprint density at radius 3 is 1.72 bits per heavy atom. The van der Waals surface area contributed by atoms with Gasteiger partial charge in [0.05, 0.1) is 16.9 Å². The third-order valence-corrected chi connectivity index (χ3v) is 13.5. The molecule has 0 radical (unpaired) electrons. The molecule has 250 valence electrons. The van der Waals surface area contributed by atoms with E-state index < -0.39 is 7.49 Å². The van der Waals surface area contributed by atoms with E-state index in [-0.39, 0.29) is 0 Å². The SMILES string of the molecule is O[P+](c1ccccc1)(c1ccccc1)c1ccc(-c2nc3ccccc3c3c2cc(-c2ccc(-c4cn5ccccc5n4)cc2)c2ccccc23)cc1. The van der Waals surface area contributed by atoms with Crippen molar-refractivity contribution in [2.45, 2.75) is 0 Å². The van der Waals surface area contributed by atoms with Gasteiger partial charge in [0.1, 0.15) is 21.6 Å². The summed E-state index contributed by atoms with van der Waals surface area (Å²) in [5.74, 6) is 0. The Bertz CT molecular complexity index is 2870. The summed E-state index contributed by atoms with van der Waals surface area (Å²) >= 11 is 0. The summed E-state index contributed by atoms with van der Waals surface area (Å²) in [6.07, 6.45) is 4.10. The molecule has 0 spiro atoms. The predicted molar refractivity (Wildman–Crippen MR) is 223 cm³/mol. The Morgan fingerprint density at radius 2 is 1.02 bits per heavy atom. The average molecular weight is 699 g/mol. The molecule has 0 saturated carbocycles. The molecule has 0 unspecified atom stereocenters. The van der Waals surface area contributed by atoms with Crippen molar-refractivity contribution in [3.8, 4) is 33.6 Å². The number of rotatable bonds is 6. The molecular formula is C48H33N3OP+. The molecule has 53 heavy (non-hydrogen) atoms. The number of pyridine rings is 2. The molecule has 4 nitrogen and oxygen atoms in total. The zero-order valence-electron chi connectivity index (χ0n) is 28.7. The van der Waals surface area contributed by atoms with Crippen LogP contribution in [-0.2, 0) is 0 Å². The Morgan fingerprint density at radius 1 is 0.453 bits per heavy atom. The van der Waals surface area contributed by atoms with E-state index >= 15 is 0 Å². The minimum atomic E-state index is -2.87. The van der Waals surface area contributed by atoms with E-state index in [0.717, 1.165) is 71.5 Å². The lowest BCUT2D eigenvalue weighted by atomic mass is 9.89. The van der Waals surface area contributed by atoms with E-state index in [1.165, 1.54) is 16.2 Å². The quantitative estimate of drug-likeness (QED) is 0.139. The van der Waals surface area contributed by atoms with Gasteiger partial charge in [0.25, 0.3) is 0 Å². The van der Waals surface area contributed by atoms with E-state index in [9.17, 15) is 4.89 Å². The van der Waals surface area contributed by atoms with Gasteiger partial charge >= 0.3 is 0 Å². The highest BCUT2D eigenvalue weighted by Gasteiger charge is 2.44. The highest BCUT2D eigenvalue weighted by Crippen LogP contribution is 2.51. The van der Waals surface area contributed by atoms with Crippen molar-refractivity contribution in [3.05, 3.63) is 194 Å². The maximum Gasteiger partial charge on any atom is 0.238 e. The van der Waals surface area contributed by atoms with E-state index in [4.69, 9.17) is 9.97 Å². The molecule has 0 atom stereocenters. The third kappa shape index (κ3) is 5.23. The first-order valence-corrected chi connectivity index (χ1v) is 19.5. The zero-order valence-corrected chi connectivity index (χ0v) is 29.6. The van der Waals surface area contributed by atoms with Crippen LogP contribution in [0.25, 0.3) is 71.7 Å². The summed E-state index contributed by atoms with van der Waals surface area (Å²) in [6, 6.07) is 62.8. The van der Waals surface area contributed by atoms with Crippen molar-refractivity contribution in [1.29, 1.82) is 0 Å². The molecule has 5 heteroatoms. The van der Waals surface area contributed by atoms with Gasteiger partial charge in [-0.25, -0.2) is 14.9 Å². The number of aromatic nitrogens is 3. The first kappa shape index (κ1) is 31.3. The van der Waals surface area contributed by atoms with E-state index in [0.29, 0.717) is 0 Å². The highest BCUT2D eigenvalue weighted by molar-refractivity contribution is 7.91. The average Bonchev–Trinajstić information content (AvgIpc) is 3.68. The molecule has 1 N–H and O–H groups in total. The lowest BCUT2D eigenvalue weighted by Crippen LogP contribution is -2.30. The molecule has 0 saturated heterocycles. The topological polar surface area (TPSA) is 50.4 Å². The Balaban J connectivity index is 1.15. The standard InChI is InChI=1S/C48H33N3OP/c52-53(36-13-3-1-4-14-36,37-15-5-2-6-16-37)38-28-26-35(27-29-38)48-43-31-42(33-22-24-34(25-23-33)45-32-51-30-12-11-21-46(51)49-45)39-17-7-8-18-40(39)47(43)41-19-9-10-20-44(41)50-48/h1-32,52H/q+1. The normalized spacial score (nSPS) is 11.9. The summed E-state index contributed by atoms with van der Waals surface area (Å²) < 4.78 is 2.05. The Labute approximate surface area is 307 Å². The summed E-state index contributed by atoms with van der Waals surface area (Å²) in [5, 5.41) is 8.54. The van der Waals surface area contributed by atoms with Gasteiger partial charge in [0.2, 0.25) is 7.49 Å². The van der Waals surface area contributed by atoms with Gasteiger partial charge in [-0.1, -0.05) is 109 Å². The lowest BCUT2D eigenvalue weighted by Gasteiger charge is -2.20. The molecule has 10 rings (SSSR count). The molecule has 10 aromatic rings. The molecule has 0 bridgehead atoms. The van der Waals surface area contributed by atoms with E-state index in [2.05, 4.69) is 114 Å².